The highest BCUT2D eigenvalue weighted by Crippen LogP contribution is 2.27. The fourth-order valence-corrected chi connectivity index (χ4v) is 5.12. The predicted molar refractivity (Wildman–Crippen MR) is 130 cm³/mol. The number of likely N-dealkylation sites (tertiary alicyclic amines) is 1. The van der Waals surface area contributed by atoms with Crippen LogP contribution in [0.5, 0.6) is 0 Å². The lowest BCUT2D eigenvalue weighted by Gasteiger charge is -2.31. The minimum absolute atomic E-state index is 0.0321. The van der Waals surface area contributed by atoms with Gasteiger partial charge in [-0.25, -0.2) is 4.98 Å². The Morgan fingerprint density at radius 3 is 2.62 bits per heavy atom. The maximum Gasteiger partial charge on any atom is 0.233 e. The van der Waals surface area contributed by atoms with Crippen LogP contribution in [-0.4, -0.2) is 45.1 Å². The number of halogens is 1. The molecule has 0 saturated carbocycles. The quantitative estimate of drug-likeness (QED) is 0.489. The lowest BCUT2D eigenvalue weighted by Crippen LogP contribution is -2.42. The van der Waals surface area contributed by atoms with E-state index in [2.05, 4.69) is 16.8 Å². The van der Waals surface area contributed by atoms with E-state index in [0.29, 0.717) is 36.7 Å². The van der Waals surface area contributed by atoms with E-state index in [1.807, 2.05) is 53.4 Å². The van der Waals surface area contributed by atoms with Gasteiger partial charge in [0.05, 0.1) is 16.8 Å². The molecule has 0 radical (unpaired) electrons. The summed E-state index contributed by atoms with van der Waals surface area (Å²) in [5.41, 5.74) is 2.70. The molecule has 0 atom stereocenters. The summed E-state index contributed by atoms with van der Waals surface area (Å²) in [5, 5.41) is 4.47. The molecule has 1 aromatic heterocycles. The van der Waals surface area contributed by atoms with Gasteiger partial charge in [-0.1, -0.05) is 48.5 Å². The third-order valence-electron chi connectivity index (χ3n) is 5.71. The second-order valence-corrected chi connectivity index (χ2v) is 9.36. The fraction of sp³-hybridized carbons (Fsp3) is 0.375. The van der Waals surface area contributed by atoms with Crippen LogP contribution in [0.15, 0.2) is 53.7 Å². The van der Waals surface area contributed by atoms with Crippen molar-refractivity contribution in [2.75, 3.05) is 24.2 Å². The molecule has 168 valence electrons. The molecule has 3 aromatic rings. The van der Waals surface area contributed by atoms with Crippen LogP contribution >= 0.6 is 23.4 Å². The molecule has 6 nitrogen and oxygen atoms in total. The Hall–Kier alpha value is -2.51. The Balaban J connectivity index is 1.32. The van der Waals surface area contributed by atoms with Gasteiger partial charge in [0, 0.05) is 36.3 Å². The zero-order valence-corrected chi connectivity index (χ0v) is 19.7. The molecule has 1 aliphatic rings. The molecule has 0 unspecified atom stereocenters. The molecule has 2 aromatic carbocycles. The van der Waals surface area contributed by atoms with Crippen LogP contribution in [0.4, 0.5) is 5.69 Å². The first-order chi connectivity index (χ1) is 15.5. The van der Waals surface area contributed by atoms with Gasteiger partial charge >= 0.3 is 0 Å². The highest BCUT2D eigenvalue weighted by atomic mass is 35.5. The fourth-order valence-electron chi connectivity index (χ4n) is 4.01. The molecule has 1 aliphatic heterocycles. The number of hydrogen-bond acceptors (Lipinski definition) is 4. The summed E-state index contributed by atoms with van der Waals surface area (Å²) in [6.07, 6.45) is 2.35. The number of anilines is 1. The summed E-state index contributed by atoms with van der Waals surface area (Å²) in [6, 6.07) is 15.2. The number of thioether (sulfide) groups is 1. The van der Waals surface area contributed by atoms with E-state index < -0.39 is 0 Å². The van der Waals surface area contributed by atoms with Gasteiger partial charge in [0.15, 0.2) is 5.16 Å². The van der Waals surface area contributed by atoms with Crippen molar-refractivity contribution < 1.29 is 9.59 Å². The van der Waals surface area contributed by atoms with Crippen molar-refractivity contribution in [3.63, 3.8) is 0 Å². The number of aryl methyl sites for hydroxylation is 1. The number of imidazole rings is 1. The maximum atomic E-state index is 12.8. The van der Waals surface area contributed by atoms with Crippen molar-refractivity contribution >= 4 is 51.9 Å². The van der Waals surface area contributed by atoms with E-state index in [1.54, 1.807) is 0 Å². The van der Waals surface area contributed by atoms with Crippen LogP contribution in [0, 0.1) is 5.92 Å². The van der Waals surface area contributed by atoms with Gasteiger partial charge in [-0.3, -0.25) is 9.59 Å². The topological polar surface area (TPSA) is 67.2 Å². The van der Waals surface area contributed by atoms with Gasteiger partial charge in [0.2, 0.25) is 11.8 Å². The monoisotopic (exact) mass is 470 g/mol. The standard InChI is InChI=1S/C24H27ClN4O2S/c1-2-12-29-21-9-8-18(25)15-20(21)27-24(29)32-16-22(30)28-13-10-17(11-14-28)23(31)26-19-6-4-3-5-7-19/h3-9,15,17H,2,10-14,16H2,1H3,(H,26,31). The minimum atomic E-state index is -0.0644. The van der Waals surface area contributed by atoms with Gasteiger partial charge in [0.1, 0.15) is 0 Å². The Morgan fingerprint density at radius 1 is 1.16 bits per heavy atom. The van der Waals surface area contributed by atoms with Gasteiger partial charge in [-0.05, 0) is 49.6 Å². The molecular weight excluding hydrogens is 444 g/mol. The van der Waals surface area contributed by atoms with Crippen molar-refractivity contribution in [1.29, 1.82) is 0 Å². The van der Waals surface area contributed by atoms with Crippen LogP contribution in [0.3, 0.4) is 0 Å². The molecule has 2 amide bonds. The average Bonchev–Trinajstić information content (AvgIpc) is 3.14. The number of amides is 2. The summed E-state index contributed by atoms with van der Waals surface area (Å²) in [5.74, 6) is 0.391. The number of piperidine rings is 1. The number of benzene rings is 2. The zero-order chi connectivity index (χ0) is 22.5. The first kappa shape index (κ1) is 22.7. The first-order valence-electron chi connectivity index (χ1n) is 11.0. The number of carbonyl (C=O) groups is 2. The van der Waals surface area contributed by atoms with E-state index >= 15 is 0 Å². The molecule has 0 aliphatic carbocycles. The number of rotatable bonds is 7. The van der Waals surface area contributed by atoms with Crippen LogP contribution in [0.25, 0.3) is 11.0 Å². The normalized spacial score (nSPS) is 14.6. The maximum absolute atomic E-state index is 12.8. The molecule has 0 spiro atoms. The summed E-state index contributed by atoms with van der Waals surface area (Å²) in [4.78, 5) is 31.9. The lowest BCUT2D eigenvalue weighted by molar-refractivity contribution is -0.132. The van der Waals surface area contributed by atoms with E-state index in [1.165, 1.54) is 11.8 Å². The molecule has 1 fully saturated rings. The Bertz CT molecular complexity index is 1090. The molecule has 8 heteroatoms. The Kier molecular flexibility index (Phi) is 7.37. The Morgan fingerprint density at radius 2 is 1.91 bits per heavy atom. The van der Waals surface area contributed by atoms with E-state index in [-0.39, 0.29) is 17.7 Å². The van der Waals surface area contributed by atoms with Crippen molar-refractivity contribution in [3.05, 3.63) is 53.6 Å². The van der Waals surface area contributed by atoms with Crippen LogP contribution < -0.4 is 5.32 Å². The van der Waals surface area contributed by atoms with Crippen LogP contribution in [0.1, 0.15) is 26.2 Å². The Labute approximate surface area is 197 Å². The number of nitrogens with one attached hydrogen (secondary N) is 1. The van der Waals surface area contributed by atoms with Crippen molar-refractivity contribution in [3.8, 4) is 0 Å². The minimum Gasteiger partial charge on any atom is -0.342 e. The van der Waals surface area contributed by atoms with Crippen LogP contribution in [-0.2, 0) is 16.1 Å². The third kappa shape index (κ3) is 5.27. The van der Waals surface area contributed by atoms with Crippen LogP contribution in [0.2, 0.25) is 5.02 Å². The highest BCUT2D eigenvalue weighted by Gasteiger charge is 2.27. The second-order valence-electron chi connectivity index (χ2n) is 7.98. The molecule has 1 saturated heterocycles. The molecule has 4 rings (SSSR count). The van der Waals surface area contributed by atoms with Gasteiger partial charge in [-0.2, -0.15) is 0 Å². The number of nitrogens with zero attached hydrogens (tertiary/aromatic N) is 3. The van der Waals surface area contributed by atoms with Crippen molar-refractivity contribution in [2.24, 2.45) is 5.92 Å². The van der Waals surface area contributed by atoms with E-state index in [9.17, 15) is 9.59 Å². The molecule has 1 N–H and O–H groups in total. The first-order valence-corrected chi connectivity index (χ1v) is 12.3. The van der Waals surface area contributed by atoms with Crippen molar-refractivity contribution in [2.45, 2.75) is 37.9 Å². The molecule has 2 heterocycles. The molecule has 0 bridgehead atoms. The smallest absolute Gasteiger partial charge is 0.233 e. The van der Waals surface area contributed by atoms with Gasteiger partial charge in [-0.15, -0.1) is 0 Å². The summed E-state index contributed by atoms with van der Waals surface area (Å²) >= 11 is 7.59. The van der Waals surface area contributed by atoms with E-state index in [4.69, 9.17) is 16.6 Å². The van der Waals surface area contributed by atoms with Gasteiger partial charge < -0.3 is 14.8 Å². The summed E-state index contributed by atoms with van der Waals surface area (Å²) < 4.78 is 2.16. The summed E-state index contributed by atoms with van der Waals surface area (Å²) in [7, 11) is 0. The van der Waals surface area contributed by atoms with E-state index in [0.717, 1.165) is 34.8 Å². The largest absolute Gasteiger partial charge is 0.342 e. The number of para-hydroxylation sites is 1. The second kappa shape index (κ2) is 10.4. The SMILES string of the molecule is CCCn1c(SCC(=O)N2CCC(C(=O)Nc3ccccc3)CC2)nc2cc(Cl)ccc21. The highest BCUT2D eigenvalue weighted by molar-refractivity contribution is 7.99. The number of fused-ring (bicyclic) bond motifs is 1. The average molecular weight is 471 g/mol. The van der Waals surface area contributed by atoms with Gasteiger partial charge in [0.25, 0.3) is 0 Å². The molecule has 32 heavy (non-hydrogen) atoms. The predicted octanol–water partition coefficient (Wildman–Crippen LogP) is 5.07. The molecular formula is C24H27ClN4O2S. The third-order valence-corrected chi connectivity index (χ3v) is 6.90. The van der Waals surface area contributed by atoms with Crippen molar-refractivity contribution in [1.82, 2.24) is 14.5 Å². The number of carbonyl (C=O) groups excluding carboxylic acids is 2. The lowest BCUT2D eigenvalue weighted by atomic mass is 9.96. The number of hydrogen-bond donors (Lipinski definition) is 1. The zero-order valence-electron chi connectivity index (χ0n) is 18.1. The number of aromatic nitrogens is 2. The summed E-state index contributed by atoms with van der Waals surface area (Å²) in [6.45, 7) is 4.18.